The maximum atomic E-state index is 11.9. The highest BCUT2D eigenvalue weighted by Gasteiger charge is 2.17. The molecule has 0 amide bonds. The van der Waals surface area contributed by atoms with E-state index >= 15 is 0 Å². The van der Waals surface area contributed by atoms with Gasteiger partial charge in [0.05, 0.1) is 23.7 Å². The van der Waals surface area contributed by atoms with Crippen molar-refractivity contribution in [1.29, 1.82) is 0 Å². The van der Waals surface area contributed by atoms with Gasteiger partial charge in [0.1, 0.15) is 10.7 Å². The first kappa shape index (κ1) is 15.9. The van der Waals surface area contributed by atoms with E-state index in [4.69, 9.17) is 4.42 Å². The zero-order chi connectivity index (χ0) is 17.0. The summed E-state index contributed by atoms with van der Waals surface area (Å²) < 4.78 is 9.62. The van der Waals surface area contributed by atoms with E-state index in [9.17, 15) is 25.0 Å². The summed E-state index contributed by atoms with van der Waals surface area (Å²) in [6.07, 6.45) is 1.26. The number of nitro benzene ring substituents is 1. The first-order chi connectivity index (χ1) is 10.9. The highest BCUT2D eigenvalue weighted by molar-refractivity contribution is 6.21. The largest absolute Gasteiger partial charge is 0.465 e. The second-order valence-corrected chi connectivity index (χ2v) is 4.29. The molecule has 0 saturated heterocycles. The van der Waals surface area contributed by atoms with Crippen molar-refractivity contribution in [3.05, 3.63) is 68.0 Å². The molecule has 1 heterocycles. The van der Waals surface area contributed by atoms with E-state index in [1.54, 1.807) is 0 Å². The standard InChI is InChI=1S/C14H10N2O7/c1-22-14(17)12(8-11-6-7-13(23-11)16(20)21)9-2-4-10(5-3-9)15(18)19/h2-8H,1H3. The van der Waals surface area contributed by atoms with E-state index in [0.29, 0.717) is 5.56 Å². The Kier molecular flexibility index (Phi) is 4.50. The van der Waals surface area contributed by atoms with Crippen molar-refractivity contribution in [3.63, 3.8) is 0 Å². The number of ether oxygens (including phenoxy) is 1. The Morgan fingerprint density at radius 2 is 1.74 bits per heavy atom. The lowest BCUT2D eigenvalue weighted by Gasteiger charge is -2.05. The lowest BCUT2D eigenvalue weighted by atomic mass is 10.0. The Hall–Kier alpha value is -3.49. The van der Waals surface area contributed by atoms with E-state index in [-0.39, 0.29) is 17.0 Å². The minimum Gasteiger partial charge on any atom is -0.465 e. The molecule has 0 spiro atoms. The molecule has 1 aromatic carbocycles. The first-order valence-electron chi connectivity index (χ1n) is 6.21. The maximum Gasteiger partial charge on any atom is 0.433 e. The predicted octanol–water partition coefficient (Wildman–Crippen LogP) is 2.81. The molecule has 0 saturated carbocycles. The fourth-order valence-corrected chi connectivity index (χ4v) is 1.79. The molecule has 118 valence electrons. The molecule has 23 heavy (non-hydrogen) atoms. The summed E-state index contributed by atoms with van der Waals surface area (Å²) in [5.41, 5.74) is 0.264. The Labute approximate surface area is 129 Å². The molecule has 9 heteroatoms. The second kappa shape index (κ2) is 6.52. The number of carbonyl (C=O) groups excluding carboxylic acids is 1. The fraction of sp³-hybridized carbons (Fsp3) is 0.0714. The molecule has 0 radical (unpaired) electrons. The van der Waals surface area contributed by atoms with Crippen LogP contribution in [0.5, 0.6) is 0 Å². The molecular weight excluding hydrogens is 308 g/mol. The van der Waals surface area contributed by atoms with Crippen LogP contribution in [-0.4, -0.2) is 22.9 Å². The van der Waals surface area contributed by atoms with Crippen molar-refractivity contribution in [2.75, 3.05) is 7.11 Å². The molecule has 0 aliphatic rings. The number of hydrogen-bond donors (Lipinski definition) is 0. The van der Waals surface area contributed by atoms with Gasteiger partial charge in [0.25, 0.3) is 5.69 Å². The van der Waals surface area contributed by atoms with Crippen LogP contribution >= 0.6 is 0 Å². The Morgan fingerprint density at radius 3 is 2.22 bits per heavy atom. The number of non-ortho nitro benzene ring substituents is 1. The number of carbonyl (C=O) groups is 1. The van der Waals surface area contributed by atoms with Gasteiger partial charge in [-0.25, -0.2) is 4.79 Å². The van der Waals surface area contributed by atoms with Gasteiger partial charge < -0.3 is 9.15 Å². The lowest BCUT2D eigenvalue weighted by Crippen LogP contribution is -2.04. The van der Waals surface area contributed by atoms with Crippen LogP contribution in [0.25, 0.3) is 11.6 Å². The molecule has 9 nitrogen and oxygen atoms in total. The molecule has 0 atom stereocenters. The minimum absolute atomic E-state index is 0.0478. The van der Waals surface area contributed by atoms with Crippen molar-refractivity contribution in [3.8, 4) is 0 Å². The normalized spacial score (nSPS) is 11.1. The average Bonchev–Trinajstić information content (AvgIpc) is 3.01. The third kappa shape index (κ3) is 3.59. The monoisotopic (exact) mass is 318 g/mol. The van der Waals surface area contributed by atoms with Crippen molar-refractivity contribution in [1.82, 2.24) is 0 Å². The maximum absolute atomic E-state index is 11.9. The minimum atomic E-state index is -0.710. The predicted molar refractivity (Wildman–Crippen MR) is 78.3 cm³/mol. The summed E-state index contributed by atoms with van der Waals surface area (Å²) in [5.74, 6) is -1.10. The molecule has 0 fully saturated rings. The van der Waals surface area contributed by atoms with Crippen LogP contribution in [0, 0.1) is 20.2 Å². The molecule has 0 aliphatic heterocycles. The Bertz CT molecular complexity index is 790. The number of furan rings is 1. The Morgan fingerprint density at radius 1 is 1.09 bits per heavy atom. The number of rotatable bonds is 5. The molecule has 1 aromatic heterocycles. The van der Waals surface area contributed by atoms with E-state index in [1.165, 1.54) is 43.5 Å². The van der Waals surface area contributed by atoms with Gasteiger partial charge in [-0.1, -0.05) is 0 Å². The van der Waals surface area contributed by atoms with Crippen molar-refractivity contribution in [2.45, 2.75) is 0 Å². The average molecular weight is 318 g/mol. The molecule has 0 aliphatic carbocycles. The van der Waals surface area contributed by atoms with E-state index in [0.717, 1.165) is 6.07 Å². The number of hydrogen-bond acceptors (Lipinski definition) is 7. The van der Waals surface area contributed by atoms with Gasteiger partial charge in [-0.3, -0.25) is 20.2 Å². The number of methoxy groups -OCH3 is 1. The quantitative estimate of drug-likeness (QED) is 0.359. The second-order valence-electron chi connectivity index (χ2n) is 4.29. The van der Waals surface area contributed by atoms with Crippen molar-refractivity contribution < 1.29 is 23.8 Å². The molecule has 0 N–H and O–H groups in total. The summed E-state index contributed by atoms with van der Waals surface area (Å²) in [5, 5.41) is 21.2. The van der Waals surface area contributed by atoms with Crippen LogP contribution < -0.4 is 0 Å². The van der Waals surface area contributed by atoms with Crippen LogP contribution in [0.4, 0.5) is 11.6 Å². The molecule has 2 aromatic rings. The molecular formula is C14H10N2O7. The first-order valence-corrected chi connectivity index (χ1v) is 6.21. The van der Waals surface area contributed by atoms with E-state index in [1.807, 2.05) is 0 Å². The smallest absolute Gasteiger partial charge is 0.433 e. The molecule has 0 bridgehead atoms. The number of nitrogens with zero attached hydrogens (tertiary/aromatic N) is 2. The number of nitro groups is 2. The van der Waals surface area contributed by atoms with Gasteiger partial charge in [-0.05, 0) is 29.8 Å². The van der Waals surface area contributed by atoms with Gasteiger partial charge in [0, 0.05) is 12.1 Å². The van der Waals surface area contributed by atoms with E-state index in [2.05, 4.69) is 4.74 Å². The van der Waals surface area contributed by atoms with Gasteiger partial charge >= 0.3 is 11.9 Å². The van der Waals surface area contributed by atoms with Gasteiger partial charge in [0.2, 0.25) is 0 Å². The van der Waals surface area contributed by atoms with E-state index < -0.39 is 21.7 Å². The van der Waals surface area contributed by atoms with Gasteiger partial charge in [-0.15, -0.1) is 0 Å². The van der Waals surface area contributed by atoms with Crippen LogP contribution in [0.3, 0.4) is 0 Å². The summed E-state index contributed by atoms with van der Waals surface area (Å²) in [6, 6.07) is 7.69. The Balaban J connectivity index is 2.43. The third-order valence-corrected chi connectivity index (χ3v) is 2.87. The zero-order valence-electron chi connectivity index (χ0n) is 11.8. The summed E-state index contributed by atoms with van der Waals surface area (Å²) in [7, 11) is 1.17. The highest BCUT2D eigenvalue weighted by Crippen LogP contribution is 2.25. The SMILES string of the molecule is COC(=O)C(=Cc1ccc([N+](=O)[O-])o1)c1ccc([N+](=O)[O-])cc1. The highest BCUT2D eigenvalue weighted by atomic mass is 16.6. The van der Waals surface area contributed by atoms with Crippen LogP contribution in [-0.2, 0) is 9.53 Å². The van der Waals surface area contributed by atoms with Crippen LogP contribution in [0.1, 0.15) is 11.3 Å². The topological polar surface area (TPSA) is 126 Å². The fourth-order valence-electron chi connectivity index (χ4n) is 1.79. The van der Waals surface area contributed by atoms with Crippen molar-refractivity contribution in [2.24, 2.45) is 0 Å². The zero-order valence-corrected chi connectivity index (χ0v) is 11.8. The molecule has 2 rings (SSSR count). The number of benzene rings is 1. The molecule has 0 unspecified atom stereocenters. The lowest BCUT2D eigenvalue weighted by molar-refractivity contribution is -0.402. The van der Waals surface area contributed by atoms with Gasteiger partial charge in [-0.2, -0.15) is 0 Å². The summed E-state index contributed by atoms with van der Waals surface area (Å²) in [6.45, 7) is 0. The number of esters is 1. The summed E-state index contributed by atoms with van der Waals surface area (Å²) in [4.78, 5) is 31.8. The van der Waals surface area contributed by atoms with Crippen molar-refractivity contribution >= 4 is 29.2 Å². The van der Waals surface area contributed by atoms with Crippen LogP contribution in [0.2, 0.25) is 0 Å². The van der Waals surface area contributed by atoms with Gasteiger partial charge in [0.15, 0.2) is 0 Å². The third-order valence-electron chi connectivity index (χ3n) is 2.87. The summed E-state index contributed by atoms with van der Waals surface area (Å²) >= 11 is 0. The van der Waals surface area contributed by atoms with Crippen LogP contribution in [0.15, 0.2) is 40.8 Å².